The second-order valence-electron chi connectivity index (χ2n) is 5.96. The van der Waals surface area contributed by atoms with Gasteiger partial charge in [0.15, 0.2) is 0 Å². The van der Waals surface area contributed by atoms with Crippen LogP contribution in [-0.2, 0) is 6.54 Å². The lowest BCUT2D eigenvalue weighted by atomic mass is 10.1. The fourth-order valence-corrected chi connectivity index (χ4v) is 3.05. The molecule has 2 aliphatic rings. The Labute approximate surface area is 113 Å². The number of hydrogen-bond acceptors (Lipinski definition) is 3. The largest absolute Gasteiger partial charge is 0.312 e. The fraction of sp³-hybridized carbons (Fsp3) is 0.600. The van der Waals surface area contributed by atoms with Crippen molar-refractivity contribution in [3.63, 3.8) is 0 Å². The molecule has 2 aliphatic carbocycles. The molecule has 1 heterocycles. The summed E-state index contributed by atoms with van der Waals surface area (Å²) in [7, 11) is 0. The summed E-state index contributed by atoms with van der Waals surface area (Å²) < 4.78 is 2.01. The van der Waals surface area contributed by atoms with Crippen LogP contribution in [0.1, 0.15) is 25.7 Å². The summed E-state index contributed by atoms with van der Waals surface area (Å²) in [5.74, 6) is 1.92. The number of rotatable bonds is 6. The summed E-state index contributed by atoms with van der Waals surface area (Å²) in [6.45, 7) is 1.92. The molecule has 0 amide bonds. The van der Waals surface area contributed by atoms with Crippen LogP contribution in [0.4, 0.5) is 0 Å². The van der Waals surface area contributed by atoms with Crippen LogP contribution in [-0.4, -0.2) is 27.6 Å². The molecule has 0 saturated heterocycles. The maximum absolute atomic E-state index is 4.24. The summed E-state index contributed by atoms with van der Waals surface area (Å²) in [4.78, 5) is 0. The topological polar surface area (TPSA) is 42.7 Å². The Hall–Kier alpha value is -1.42. The zero-order valence-corrected chi connectivity index (χ0v) is 11.1. The van der Waals surface area contributed by atoms with E-state index in [0.717, 1.165) is 42.0 Å². The first-order valence-electron chi connectivity index (χ1n) is 7.43. The van der Waals surface area contributed by atoms with E-state index in [1.165, 1.54) is 25.7 Å². The van der Waals surface area contributed by atoms with Crippen molar-refractivity contribution >= 4 is 11.0 Å². The third-order valence-electron chi connectivity index (χ3n) is 4.38. The van der Waals surface area contributed by atoms with Crippen molar-refractivity contribution in [3.05, 3.63) is 24.3 Å². The van der Waals surface area contributed by atoms with E-state index >= 15 is 0 Å². The van der Waals surface area contributed by atoms with Crippen LogP contribution in [0.2, 0.25) is 0 Å². The van der Waals surface area contributed by atoms with Crippen LogP contribution < -0.4 is 5.32 Å². The predicted octanol–water partition coefficient (Wildman–Crippen LogP) is 2.21. The van der Waals surface area contributed by atoms with Crippen molar-refractivity contribution in [1.29, 1.82) is 0 Å². The number of fused-ring (bicyclic) bond motifs is 1. The summed E-state index contributed by atoms with van der Waals surface area (Å²) in [5, 5.41) is 12.2. The third-order valence-corrected chi connectivity index (χ3v) is 4.38. The van der Waals surface area contributed by atoms with Gasteiger partial charge in [0, 0.05) is 12.6 Å². The quantitative estimate of drug-likeness (QED) is 0.861. The molecule has 1 aromatic heterocycles. The van der Waals surface area contributed by atoms with Gasteiger partial charge in [-0.25, -0.2) is 4.68 Å². The van der Waals surface area contributed by atoms with E-state index in [1.54, 1.807) is 0 Å². The van der Waals surface area contributed by atoms with Crippen LogP contribution in [0, 0.1) is 11.8 Å². The smallest absolute Gasteiger partial charge is 0.113 e. The molecule has 2 saturated carbocycles. The first-order valence-corrected chi connectivity index (χ1v) is 7.43. The van der Waals surface area contributed by atoms with Gasteiger partial charge in [0.2, 0.25) is 0 Å². The highest BCUT2D eigenvalue weighted by atomic mass is 15.4. The lowest BCUT2D eigenvalue weighted by Crippen LogP contribution is -2.35. The van der Waals surface area contributed by atoms with Crippen LogP contribution in [0.3, 0.4) is 0 Å². The molecular formula is C15H20N4. The number of nitrogens with one attached hydrogen (secondary N) is 1. The second-order valence-corrected chi connectivity index (χ2v) is 5.96. The minimum Gasteiger partial charge on any atom is -0.312 e. The van der Waals surface area contributed by atoms with Crippen molar-refractivity contribution in [2.24, 2.45) is 11.8 Å². The molecule has 0 spiro atoms. The highest BCUT2D eigenvalue weighted by Crippen LogP contribution is 2.44. The van der Waals surface area contributed by atoms with E-state index in [-0.39, 0.29) is 0 Å². The van der Waals surface area contributed by atoms with E-state index in [2.05, 4.69) is 21.7 Å². The zero-order valence-electron chi connectivity index (χ0n) is 11.1. The van der Waals surface area contributed by atoms with Gasteiger partial charge in [0.05, 0.1) is 12.1 Å². The van der Waals surface area contributed by atoms with E-state index in [4.69, 9.17) is 0 Å². The number of hydrogen-bond donors (Lipinski definition) is 1. The average molecular weight is 256 g/mol. The number of para-hydroxylation sites is 1. The summed E-state index contributed by atoms with van der Waals surface area (Å²) >= 11 is 0. The Morgan fingerprint density at radius 1 is 1.16 bits per heavy atom. The Bertz CT molecular complexity index is 556. The molecule has 4 rings (SSSR count). The Morgan fingerprint density at radius 3 is 2.63 bits per heavy atom. The monoisotopic (exact) mass is 256 g/mol. The number of benzene rings is 1. The molecule has 1 N–H and O–H groups in total. The average Bonchev–Trinajstić information content (AvgIpc) is 3.34. The molecule has 0 unspecified atom stereocenters. The molecular weight excluding hydrogens is 236 g/mol. The normalized spacial score (nSPS) is 19.4. The summed E-state index contributed by atoms with van der Waals surface area (Å²) in [6, 6.07) is 8.94. The van der Waals surface area contributed by atoms with Crippen molar-refractivity contribution < 1.29 is 0 Å². The SMILES string of the molecule is c1ccc2c(c1)nnn2CCNC(C1CC1)C1CC1. The van der Waals surface area contributed by atoms with E-state index in [0.29, 0.717) is 0 Å². The molecule has 19 heavy (non-hydrogen) atoms. The van der Waals surface area contributed by atoms with Gasteiger partial charge in [-0.15, -0.1) is 5.10 Å². The molecule has 4 nitrogen and oxygen atoms in total. The van der Waals surface area contributed by atoms with E-state index in [1.807, 2.05) is 22.9 Å². The first-order chi connectivity index (χ1) is 9.42. The molecule has 2 aromatic rings. The van der Waals surface area contributed by atoms with Gasteiger partial charge in [-0.05, 0) is 49.7 Å². The van der Waals surface area contributed by atoms with Crippen molar-refractivity contribution in [1.82, 2.24) is 20.3 Å². The maximum atomic E-state index is 4.24. The van der Waals surface area contributed by atoms with Crippen LogP contribution in [0.5, 0.6) is 0 Å². The Morgan fingerprint density at radius 2 is 1.89 bits per heavy atom. The summed E-state index contributed by atoms with van der Waals surface area (Å²) in [6.07, 6.45) is 5.72. The van der Waals surface area contributed by atoms with Gasteiger partial charge in [-0.1, -0.05) is 17.3 Å². The number of nitrogens with zero attached hydrogens (tertiary/aromatic N) is 3. The number of aromatic nitrogens is 3. The molecule has 0 bridgehead atoms. The highest BCUT2D eigenvalue weighted by molar-refractivity contribution is 5.73. The molecule has 0 atom stereocenters. The summed E-state index contributed by atoms with van der Waals surface area (Å²) in [5.41, 5.74) is 2.13. The van der Waals surface area contributed by atoms with E-state index < -0.39 is 0 Å². The minimum atomic E-state index is 0.773. The van der Waals surface area contributed by atoms with Gasteiger partial charge in [0.25, 0.3) is 0 Å². The third kappa shape index (κ3) is 2.37. The predicted molar refractivity (Wildman–Crippen MR) is 74.8 cm³/mol. The molecule has 1 aromatic carbocycles. The van der Waals surface area contributed by atoms with Crippen molar-refractivity contribution in [3.8, 4) is 0 Å². The zero-order chi connectivity index (χ0) is 12.7. The molecule has 0 aliphatic heterocycles. The molecule has 0 radical (unpaired) electrons. The van der Waals surface area contributed by atoms with Gasteiger partial charge in [-0.3, -0.25) is 0 Å². The standard InChI is InChI=1S/C15H20N4/c1-2-4-14-13(3-1)17-18-19(14)10-9-16-15(11-5-6-11)12-7-8-12/h1-4,11-12,15-16H,5-10H2. The van der Waals surface area contributed by atoms with Gasteiger partial charge >= 0.3 is 0 Å². The maximum Gasteiger partial charge on any atom is 0.113 e. The lowest BCUT2D eigenvalue weighted by Gasteiger charge is -2.17. The molecule has 4 heteroatoms. The van der Waals surface area contributed by atoms with Crippen LogP contribution in [0.15, 0.2) is 24.3 Å². The van der Waals surface area contributed by atoms with Crippen LogP contribution in [0.25, 0.3) is 11.0 Å². The highest BCUT2D eigenvalue weighted by Gasteiger charge is 2.40. The molecule has 100 valence electrons. The van der Waals surface area contributed by atoms with Gasteiger partial charge in [-0.2, -0.15) is 0 Å². The first kappa shape index (κ1) is 11.4. The Kier molecular flexibility index (Phi) is 2.76. The van der Waals surface area contributed by atoms with Crippen molar-refractivity contribution in [2.45, 2.75) is 38.3 Å². The fourth-order valence-electron chi connectivity index (χ4n) is 3.05. The van der Waals surface area contributed by atoms with Gasteiger partial charge < -0.3 is 5.32 Å². The minimum absolute atomic E-state index is 0.773. The second kappa shape index (κ2) is 4.60. The lowest BCUT2D eigenvalue weighted by molar-refractivity contribution is 0.401. The molecule has 2 fully saturated rings. The van der Waals surface area contributed by atoms with Crippen LogP contribution >= 0.6 is 0 Å². The van der Waals surface area contributed by atoms with E-state index in [9.17, 15) is 0 Å². The van der Waals surface area contributed by atoms with Gasteiger partial charge in [0.1, 0.15) is 5.52 Å². The Balaban J connectivity index is 1.39. The van der Waals surface area contributed by atoms with Crippen molar-refractivity contribution in [2.75, 3.05) is 6.54 Å².